The Labute approximate surface area is 64.6 Å². The molecule has 0 aliphatic rings. The topological polar surface area (TPSA) is 50.7 Å². The van der Waals surface area contributed by atoms with E-state index in [0.29, 0.717) is 5.82 Å². The standard InChI is InChI=1S/C7H11N3O/c1-4-5(2)6-8-7(11)10(3)9-6/h4-5H,1H2,2-3H3,(H,8,9,11). The third-order valence-electron chi connectivity index (χ3n) is 1.57. The van der Waals surface area contributed by atoms with E-state index in [9.17, 15) is 4.79 Å². The number of hydrogen-bond donors (Lipinski definition) is 1. The molecule has 60 valence electrons. The molecule has 0 amide bonds. The molecule has 1 unspecified atom stereocenters. The zero-order valence-corrected chi connectivity index (χ0v) is 6.66. The maximum atomic E-state index is 10.9. The molecule has 1 N–H and O–H groups in total. The Hall–Kier alpha value is -1.32. The lowest BCUT2D eigenvalue weighted by Gasteiger charge is -1.96. The van der Waals surface area contributed by atoms with E-state index in [0.717, 1.165) is 0 Å². The fourth-order valence-electron chi connectivity index (χ4n) is 0.739. The van der Waals surface area contributed by atoms with Gasteiger partial charge in [0.25, 0.3) is 0 Å². The first-order chi connectivity index (χ1) is 5.15. The lowest BCUT2D eigenvalue weighted by Crippen LogP contribution is -2.13. The molecule has 0 aliphatic heterocycles. The number of nitrogens with one attached hydrogen (secondary N) is 1. The Kier molecular flexibility index (Phi) is 1.94. The van der Waals surface area contributed by atoms with E-state index in [4.69, 9.17) is 0 Å². The Morgan fingerprint density at radius 1 is 1.82 bits per heavy atom. The summed E-state index contributed by atoms with van der Waals surface area (Å²) in [6.45, 7) is 5.53. The lowest BCUT2D eigenvalue weighted by molar-refractivity contribution is 0.711. The van der Waals surface area contributed by atoms with Gasteiger partial charge in [0.15, 0.2) is 0 Å². The summed E-state index contributed by atoms with van der Waals surface area (Å²) < 4.78 is 1.27. The molecule has 0 fully saturated rings. The van der Waals surface area contributed by atoms with Crippen molar-refractivity contribution in [3.63, 3.8) is 0 Å². The van der Waals surface area contributed by atoms with Crippen LogP contribution in [-0.2, 0) is 7.05 Å². The molecule has 1 aromatic heterocycles. The van der Waals surface area contributed by atoms with E-state index < -0.39 is 0 Å². The summed E-state index contributed by atoms with van der Waals surface area (Å²) >= 11 is 0. The van der Waals surface area contributed by atoms with Crippen LogP contribution in [0.4, 0.5) is 0 Å². The molecule has 0 bridgehead atoms. The van der Waals surface area contributed by atoms with E-state index >= 15 is 0 Å². The Balaban J connectivity index is 3.06. The highest BCUT2D eigenvalue weighted by Crippen LogP contribution is 2.07. The molecule has 1 atom stereocenters. The van der Waals surface area contributed by atoms with E-state index in [1.165, 1.54) is 4.68 Å². The minimum absolute atomic E-state index is 0.101. The van der Waals surface area contributed by atoms with Crippen LogP contribution in [0.15, 0.2) is 17.4 Å². The molecular weight excluding hydrogens is 142 g/mol. The predicted molar refractivity (Wildman–Crippen MR) is 42.4 cm³/mol. The molecule has 11 heavy (non-hydrogen) atoms. The third kappa shape index (κ3) is 1.39. The van der Waals surface area contributed by atoms with Crippen molar-refractivity contribution in [2.45, 2.75) is 12.8 Å². The van der Waals surface area contributed by atoms with Gasteiger partial charge in [-0.2, -0.15) is 5.10 Å². The van der Waals surface area contributed by atoms with Gasteiger partial charge in [-0.3, -0.25) is 4.98 Å². The summed E-state index contributed by atoms with van der Waals surface area (Å²) in [6.07, 6.45) is 1.73. The second-order valence-corrected chi connectivity index (χ2v) is 2.46. The van der Waals surface area contributed by atoms with Crippen LogP contribution in [0.25, 0.3) is 0 Å². The van der Waals surface area contributed by atoms with Gasteiger partial charge in [0, 0.05) is 13.0 Å². The number of nitrogens with zero attached hydrogens (tertiary/aromatic N) is 2. The maximum Gasteiger partial charge on any atom is 0.343 e. The highest BCUT2D eigenvalue weighted by molar-refractivity contribution is 5.00. The smallest absolute Gasteiger partial charge is 0.292 e. The van der Waals surface area contributed by atoms with Gasteiger partial charge >= 0.3 is 5.69 Å². The molecule has 1 rings (SSSR count). The van der Waals surface area contributed by atoms with Crippen molar-refractivity contribution >= 4 is 0 Å². The highest BCUT2D eigenvalue weighted by atomic mass is 16.1. The zero-order chi connectivity index (χ0) is 8.43. The van der Waals surface area contributed by atoms with Crippen LogP contribution in [-0.4, -0.2) is 14.8 Å². The molecule has 0 saturated carbocycles. The molecule has 4 heteroatoms. The van der Waals surface area contributed by atoms with Gasteiger partial charge in [-0.05, 0) is 0 Å². The lowest BCUT2D eigenvalue weighted by atomic mass is 10.2. The monoisotopic (exact) mass is 153 g/mol. The molecule has 0 aromatic carbocycles. The van der Waals surface area contributed by atoms with Crippen LogP contribution in [0, 0.1) is 0 Å². The summed E-state index contributed by atoms with van der Waals surface area (Å²) in [5.41, 5.74) is -0.186. The van der Waals surface area contributed by atoms with Crippen molar-refractivity contribution in [3.05, 3.63) is 29.0 Å². The largest absolute Gasteiger partial charge is 0.343 e. The minimum Gasteiger partial charge on any atom is -0.292 e. The number of aromatic nitrogens is 3. The predicted octanol–water partition coefficient (Wildman–Crippen LogP) is 0.398. The van der Waals surface area contributed by atoms with Gasteiger partial charge in [0.1, 0.15) is 5.82 Å². The maximum absolute atomic E-state index is 10.9. The summed E-state index contributed by atoms with van der Waals surface area (Å²) in [5, 5.41) is 3.96. The van der Waals surface area contributed by atoms with E-state index in [2.05, 4.69) is 16.7 Å². The summed E-state index contributed by atoms with van der Waals surface area (Å²) in [4.78, 5) is 13.5. The van der Waals surface area contributed by atoms with Crippen molar-refractivity contribution in [2.24, 2.45) is 7.05 Å². The molecule has 4 nitrogen and oxygen atoms in total. The number of aromatic amines is 1. The number of hydrogen-bond acceptors (Lipinski definition) is 2. The second-order valence-electron chi connectivity index (χ2n) is 2.46. The number of aryl methyl sites for hydroxylation is 1. The van der Waals surface area contributed by atoms with Crippen LogP contribution in [0.1, 0.15) is 18.7 Å². The fourth-order valence-corrected chi connectivity index (χ4v) is 0.739. The van der Waals surface area contributed by atoms with E-state index in [-0.39, 0.29) is 11.6 Å². The second kappa shape index (κ2) is 2.74. The van der Waals surface area contributed by atoms with Gasteiger partial charge in [-0.15, -0.1) is 6.58 Å². The van der Waals surface area contributed by atoms with E-state index in [1.54, 1.807) is 13.1 Å². The van der Waals surface area contributed by atoms with Crippen LogP contribution in [0.3, 0.4) is 0 Å². The van der Waals surface area contributed by atoms with Crippen molar-refractivity contribution < 1.29 is 0 Å². The van der Waals surface area contributed by atoms with Crippen LogP contribution >= 0.6 is 0 Å². The third-order valence-corrected chi connectivity index (χ3v) is 1.57. The molecule has 1 aromatic rings. The van der Waals surface area contributed by atoms with Crippen LogP contribution in [0.2, 0.25) is 0 Å². The van der Waals surface area contributed by atoms with Crippen LogP contribution < -0.4 is 5.69 Å². The molecule has 1 heterocycles. The molecule has 0 spiro atoms. The van der Waals surface area contributed by atoms with Crippen LogP contribution in [0.5, 0.6) is 0 Å². The molecular formula is C7H11N3O. The minimum atomic E-state index is -0.186. The quantitative estimate of drug-likeness (QED) is 0.625. The first kappa shape index (κ1) is 7.78. The first-order valence-electron chi connectivity index (χ1n) is 3.41. The Bertz CT molecular complexity index is 310. The number of H-pyrrole nitrogens is 1. The van der Waals surface area contributed by atoms with Gasteiger partial charge < -0.3 is 0 Å². The van der Waals surface area contributed by atoms with Crippen molar-refractivity contribution in [3.8, 4) is 0 Å². The average molecular weight is 153 g/mol. The zero-order valence-electron chi connectivity index (χ0n) is 6.66. The van der Waals surface area contributed by atoms with Crippen molar-refractivity contribution in [1.82, 2.24) is 14.8 Å². The Morgan fingerprint density at radius 3 is 2.82 bits per heavy atom. The van der Waals surface area contributed by atoms with E-state index in [1.807, 2.05) is 6.92 Å². The van der Waals surface area contributed by atoms with Gasteiger partial charge in [-0.1, -0.05) is 13.0 Å². The fraction of sp³-hybridized carbons (Fsp3) is 0.429. The molecule has 0 radical (unpaired) electrons. The normalized spacial score (nSPS) is 12.9. The summed E-state index contributed by atoms with van der Waals surface area (Å²) in [5.74, 6) is 0.761. The number of rotatable bonds is 2. The SMILES string of the molecule is C=CC(C)c1nn(C)c(=O)[nH]1. The van der Waals surface area contributed by atoms with Gasteiger partial charge in [0.05, 0.1) is 0 Å². The summed E-state index contributed by atoms with van der Waals surface area (Å²) in [6, 6.07) is 0. The van der Waals surface area contributed by atoms with Crippen molar-refractivity contribution in [2.75, 3.05) is 0 Å². The molecule has 0 aliphatic carbocycles. The number of allylic oxidation sites excluding steroid dienone is 1. The molecule has 0 saturated heterocycles. The summed E-state index contributed by atoms with van der Waals surface area (Å²) in [7, 11) is 1.61. The van der Waals surface area contributed by atoms with Gasteiger partial charge in [-0.25, -0.2) is 9.48 Å². The average Bonchev–Trinajstić information content (AvgIpc) is 2.31. The Morgan fingerprint density at radius 2 is 2.45 bits per heavy atom. The highest BCUT2D eigenvalue weighted by Gasteiger charge is 2.05. The van der Waals surface area contributed by atoms with Gasteiger partial charge in [0.2, 0.25) is 0 Å². The van der Waals surface area contributed by atoms with Crippen molar-refractivity contribution in [1.29, 1.82) is 0 Å². The first-order valence-corrected chi connectivity index (χ1v) is 3.41.